The van der Waals surface area contributed by atoms with Gasteiger partial charge in [-0.05, 0) is 55.7 Å². The number of anilines is 1. The normalized spacial score (nSPS) is 24.6. The van der Waals surface area contributed by atoms with Crippen LogP contribution in [0.1, 0.15) is 47.6 Å². The minimum atomic E-state index is -0.200. The molecular weight excluding hydrogens is 476 g/mol. The molecule has 4 aliphatic rings. The van der Waals surface area contributed by atoms with E-state index in [0.29, 0.717) is 42.9 Å². The number of nitrogens with zero attached hydrogens (tertiary/aromatic N) is 6. The number of fused-ring (bicyclic) bond motifs is 4. The zero-order chi connectivity index (χ0) is 26.3. The molecule has 1 aromatic carbocycles. The summed E-state index contributed by atoms with van der Waals surface area (Å²) in [6.07, 6.45) is 7.30. The molecule has 2 aromatic heterocycles. The number of carbonyl (C=O) groups excluding carboxylic acids is 1. The summed E-state index contributed by atoms with van der Waals surface area (Å²) in [4.78, 5) is 21.4. The van der Waals surface area contributed by atoms with Crippen LogP contribution >= 0.6 is 0 Å². The summed E-state index contributed by atoms with van der Waals surface area (Å²) in [6.45, 7) is 7.58. The summed E-state index contributed by atoms with van der Waals surface area (Å²) in [5.41, 5.74) is 6.96. The maximum absolute atomic E-state index is 12.2. The Morgan fingerprint density at radius 3 is 2.89 bits per heavy atom. The van der Waals surface area contributed by atoms with Crippen molar-refractivity contribution < 1.29 is 9.90 Å². The van der Waals surface area contributed by atoms with Crippen molar-refractivity contribution in [1.29, 1.82) is 5.26 Å². The summed E-state index contributed by atoms with van der Waals surface area (Å²) >= 11 is 0. The largest absolute Gasteiger partial charge is 0.394 e. The van der Waals surface area contributed by atoms with Crippen molar-refractivity contribution in [3.05, 3.63) is 53.4 Å². The van der Waals surface area contributed by atoms with Gasteiger partial charge in [0.1, 0.15) is 17.5 Å². The van der Waals surface area contributed by atoms with Crippen molar-refractivity contribution >= 4 is 22.6 Å². The topological polar surface area (TPSA) is 98.3 Å². The monoisotopic (exact) mass is 508 g/mol. The first kappa shape index (κ1) is 23.4. The molecule has 3 fully saturated rings. The fourth-order valence-electron chi connectivity index (χ4n) is 7.60. The average Bonchev–Trinajstić information content (AvgIpc) is 3.48. The Labute approximate surface area is 222 Å². The van der Waals surface area contributed by atoms with Crippen LogP contribution in [0.4, 0.5) is 5.82 Å². The summed E-state index contributed by atoms with van der Waals surface area (Å²) in [7, 11) is 1.96. The lowest BCUT2D eigenvalue weighted by atomic mass is 9.73. The lowest BCUT2D eigenvalue weighted by molar-refractivity contribution is -0.138. The van der Waals surface area contributed by atoms with Crippen molar-refractivity contribution in [3.8, 4) is 17.2 Å². The minimum Gasteiger partial charge on any atom is -0.394 e. The molecule has 8 heteroatoms. The van der Waals surface area contributed by atoms with E-state index in [1.165, 1.54) is 11.6 Å². The van der Waals surface area contributed by atoms with Gasteiger partial charge in [-0.2, -0.15) is 10.4 Å². The van der Waals surface area contributed by atoms with Crippen LogP contribution in [0.25, 0.3) is 22.0 Å². The molecule has 0 unspecified atom stereocenters. The number of hydrogen-bond donors (Lipinski definition) is 1. The van der Waals surface area contributed by atoms with Gasteiger partial charge in [0, 0.05) is 54.5 Å². The quantitative estimate of drug-likeness (QED) is 0.542. The first-order valence-corrected chi connectivity index (χ1v) is 13.6. The third kappa shape index (κ3) is 3.08. The molecule has 7 rings (SSSR count). The number of benzene rings is 1. The van der Waals surface area contributed by atoms with Crippen molar-refractivity contribution in [3.63, 3.8) is 0 Å². The van der Waals surface area contributed by atoms with Gasteiger partial charge in [-0.15, -0.1) is 0 Å². The van der Waals surface area contributed by atoms with Crippen LogP contribution in [-0.4, -0.2) is 63.0 Å². The first-order chi connectivity index (χ1) is 18.4. The molecule has 3 atom stereocenters. The molecule has 3 aromatic rings. The number of aliphatic hydroxyl groups is 1. The highest BCUT2D eigenvalue weighted by Crippen LogP contribution is 2.57. The lowest BCUT2D eigenvalue weighted by Gasteiger charge is -2.51. The Bertz CT molecular complexity index is 1560. The molecule has 1 spiro atoms. The fraction of sp³-hybridized carbons (Fsp3) is 0.467. The number of likely N-dealkylation sites (tertiary alicyclic amines) is 1. The lowest BCUT2D eigenvalue weighted by Crippen LogP contribution is -2.64. The third-order valence-electron chi connectivity index (χ3n) is 9.70. The Kier molecular flexibility index (Phi) is 5.02. The molecule has 2 aliphatic heterocycles. The standard InChI is InChI=1S/C30H32N6O2/c1-4-24(38)35-15-30(16-35)9-10-36(23(30)14-37)29-22(12-31)26(20-8-7-18-11-21(18)27(20)33-29)25-17(2)5-6-19-13-32-34(3)28(19)25/h4-6,13,18,21,23,37H,1,7-11,14-16H2,2-3H3/t18-,21-,23+/m0/s1. The van der Waals surface area contributed by atoms with E-state index in [9.17, 15) is 15.2 Å². The molecule has 1 saturated carbocycles. The average molecular weight is 509 g/mol. The number of carbonyl (C=O) groups is 1. The van der Waals surface area contributed by atoms with E-state index in [-0.39, 0.29) is 24.0 Å². The van der Waals surface area contributed by atoms with Crippen molar-refractivity contribution in [1.82, 2.24) is 19.7 Å². The Balaban J connectivity index is 1.43. The van der Waals surface area contributed by atoms with Crippen molar-refractivity contribution in [2.45, 2.75) is 44.6 Å². The molecule has 0 bridgehead atoms. The number of aryl methyl sites for hydroxylation is 2. The van der Waals surface area contributed by atoms with E-state index in [4.69, 9.17) is 4.98 Å². The van der Waals surface area contributed by atoms with E-state index in [0.717, 1.165) is 59.0 Å². The second-order valence-electron chi connectivity index (χ2n) is 11.7. The van der Waals surface area contributed by atoms with Gasteiger partial charge >= 0.3 is 0 Å². The van der Waals surface area contributed by atoms with E-state index >= 15 is 0 Å². The van der Waals surface area contributed by atoms with Gasteiger partial charge < -0.3 is 14.9 Å². The molecule has 0 radical (unpaired) electrons. The number of nitriles is 1. The summed E-state index contributed by atoms with van der Waals surface area (Å²) in [5.74, 6) is 1.75. The molecule has 194 valence electrons. The molecular formula is C30H32N6O2. The Hall–Kier alpha value is -3.70. The van der Waals surface area contributed by atoms with Crippen LogP contribution in [-0.2, 0) is 18.3 Å². The number of rotatable bonds is 4. The molecule has 38 heavy (non-hydrogen) atoms. The van der Waals surface area contributed by atoms with Crippen molar-refractivity contribution in [2.24, 2.45) is 18.4 Å². The van der Waals surface area contributed by atoms with Gasteiger partial charge in [0.05, 0.1) is 30.1 Å². The van der Waals surface area contributed by atoms with Gasteiger partial charge in [-0.3, -0.25) is 9.48 Å². The van der Waals surface area contributed by atoms with Crippen molar-refractivity contribution in [2.75, 3.05) is 31.1 Å². The Morgan fingerprint density at radius 2 is 2.16 bits per heavy atom. The fourth-order valence-corrected chi connectivity index (χ4v) is 7.60. The maximum Gasteiger partial charge on any atom is 0.245 e. The highest BCUT2D eigenvalue weighted by Gasteiger charge is 2.56. The van der Waals surface area contributed by atoms with Gasteiger partial charge in [-0.25, -0.2) is 4.98 Å². The van der Waals surface area contributed by atoms with Crippen LogP contribution in [0.15, 0.2) is 31.0 Å². The highest BCUT2D eigenvalue weighted by atomic mass is 16.3. The Morgan fingerprint density at radius 1 is 1.34 bits per heavy atom. The minimum absolute atomic E-state index is 0.0442. The van der Waals surface area contributed by atoms with E-state index in [2.05, 4.69) is 41.7 Å². The number of aliphatic hydroxyl groups excluding tert-OH is 1. The maximum atomic E-state index is 12.2. The van der Waals surface area contributed by atoms with Gasteiger partial charge in [0.2, 0.25) is 5.91 Å². The number of pyridine rings is 1. The zero-order valence-electron chi connectivity index (χ0n) is 21.9. The van der Waals surface area contributed by atoms with Crippen LogP contribution in [0.5, 0.6) is 0 Å². The van der Waals surface area contributed by atoms with E-state index in [1.807, 2.05) is 17.9 Å². The van der Waals surface area contributed by atoms with Gasteiger partial charge in [-0.1, -0.05) is 18.7 Å². The second kappa shape index (κ2) is 8.15. The van der Waals surface area contributed by atoms with E-state index < -0.39 is 0 Å². The molecule has 1 amide bonds. The predicted molar refractivity (Wildman–Crippen MR) is 145 cm³/mol. The number of aromatic nitrogens is 3. The number of hydrogen-bond acceptors (Lipinski definition) is 6. The van der Waals surface area contributed by atoms with Gasteiger partial charge in [0.15, 0.2) is 0 Å². The van der Waals surface area contributed by atoms with Crippen LogP contribution in [0.3, 0.4) is 0 Å². The molecule has 2 aliphatic carbocycles. The first-order valence-electron chi connectivity index (χ1n) is 13.6. The summed E-state index contributed by atoms with van der Waals surface area (Å²) < 4.78 is 1.91. The number of amides is 1. The smallest absolute Gasteiger partial charge is 0.245 e. The second-order valence-corrected chi connectivity index (χ2v) is 11.7. The molecule has 8 nitrogen and oxygen atoms in total. The summed E-state index contributed by atoms with van der Waals surface area (Å²) in [6, 6.07) is 6.59. The zero-order valence-corrected chi connectivity index (χ0v) is 21.9. The SMILES string of the molecule is C=CC(=O)N1CC2(CCN(c3nc4c(c(-c5c(C)ccc6cnn(C)c56)c3C#N)CC[C@H]3C[C@H]43)[C@@H]2CO)C1. The van der Waals surface area contributed by atoms with Crippen LogP contribution < -0.4 is 4.90 Å². The van der Waals surface area contributed by atoms with Gasteiger partial charge in [0.25, 0.3) is 0 Å². The predicted octanol–water partition coefficient (Wildman–Crippen LogP) is 3.45. The van der Waals surface area contributed by atoms with Crippen LogP contribution in [0.2, 0.25) is 0 Å². The third-order valence-corrected chi connectivity index (χ3v) is 9.70. The van der Waals surface area contributed by atoms with Crippen LogP contribution in [0, 0.1) is 29.6 Å². The molecule has 2 saturated heterocycles. The molecule has 1 N–H and O–H groups in total. The summed E-state index contributed by atoms with van der Waals surface area (Å²) in [5, 5.41) is 27.0. The molecule has 4 heterocycles. The van der Waals surface area contributed by atoms with E-state index in [1.54, 1.807) is 4.90 Å². The highest BCUT2D eigenvalue weighted by molar-refractivity contribution is 5.99.